The van der Waals surface area contributed by atoms with Crippen LogP contribution in [0.25, 0.3) is 0 Å². The van der Waals surface area contributed by atoms with E-state index in [1.54, 1.807) is 12.5 Å². The summed E-state index contributed by atoms with van der Waals surface area (Å²) in [5, 5.41) is 11.0. The predicted molar refractivity (Wildman–Crippen MR) is 88.6 cm³/mol. The van der Waals surface area contributed by atoms with Gasteiger partial charge in [0.15, 0.2) is 0 Å². The summed E-state index contributed by atoms with van der Waals surface area (Å²) in [6, 6.07) is 1.83. The topological polar surface area (TPSA) is 86.0 Å². The van der Waals surface area contributed by atoms with Crippen LogP contribution in [0, 0.1) is 28.6 Å². The fourth-order valence-corrected chi connectivity index (χ4v) is 6.55. The van der Waals surface area contributed by atoms with Crippen molar-refractivity contribution in [2.45, 2.75) is 51.2 Å². The Hall–Kier alpha value is -1.82. The molecule has 1 aromatic rings. The van der Waals surface area contributed by atoms with Gasteiger partial charge in [-0.3, -0.25) is 9.59 Å². The predicted octanol–water partition coefficient (Wildman–Crippen LogP) is 2.61. The van der Waals surface area contributed by atoms with E-state index in [1.807, 2.05) is 13.0 Å². The first-order chi connectivity index (χ1) is 12.5. The van der Waals surface area contributed by atoms with Crippen LogP contribution >= 0.6 is 0 Å². The van der Waals surface area contributed by atoms with Gasteiger partial charge in [0.1, 0.15) is 12.7 Å². The number of cyclic esters (lactones) is 2. The molecule has 140 valence electrons. The number of ether oxygens (including phenoxy) is 2. The van der Waals surface area contributed by atoms with E-state index < -0.39 is 16.9 Å². The van der Waals surface area contributed by atoms with Crippen molar-refractivity contribution < 1.29 is 28.6 Å². The van der Waals surface area contributed by atoms with Gasteiger partial charge in [-0.15, -0.1) is 0 Å². The van der Waals surface area contributed by atoms with Gasteiger partial charge in [0.25, 0.3) is 0 Å². The van der Waals surface area contributed by atoms with Gasteiger partial charge < -0.3 is 19.0 Å². The first-order valence-electron chi connectivity index (χ1n) is 9.58. The molecule has 26 heavy (non-hydrogen) atoms. The lowest BCUT2D eigenvalue weighted by atomic mass is 9.43. The quantitative estimate of drug-likeness (QED) is 0.775. The molecule has 0 amide bonds. The average molecular weight is 360 g/mol. The van der Waals surface area contributed by atoms with Gasteiger partial charge in [0, 0.05) is 17.4 Å². The number of rotatable bonds is 1. The molecule has 2 saturated heterocycles. The molecule has 3 heterocycles. The van der Waals surface area contributed by atoms with Crippen molar-refractivity contribution in [1.29, 1.82) is 0 Å². The highest BCUT2D eigenvalue weighted by molar-refractivity contribution is 5.82. The first kappa shape index (κ1) is 16.4. The molecule has 2 aliphatic heterocycles. The highest BCUT2D eigenvalue weighted by atomic mass is 16.6. The maximum Gasteiger partial charge on any atom is 0.313 e. The van der Waals surface area contributed by atoms with Crippen LogP contribution < -0.4 is 0 Å². The molecular weight excluding hydrogens is 336 g/mol. The van der Waals surface area contributed by atoms with Crippen LogP contribution in [0.1, 0.15) is 50.7 Å². The van der Waals surface area contributed by atoms with Gasteiger partial charge in [-0.1, -0.05) is 13.3 Å². The molecule has 6 heteroatoms. The molecule has 1 aromatic heterocycles. The second kappa shape index (κ2) is 5.35. The number of aliphatic hydroxyl groups excluding tert-OH is 1. The Morgan fingerprint density at radius 3 is 2.88 bits per heavy atom. The second-order valence-corrected chi connectivity index (χ2v) is 8.60. The summed E-state index contributed by atoms with van der Waals surface area (Å²) in [5.41, 5.74) is -0.450. The Balaban J connectivity index is 1.60. The zero-order valence-electron chi connectivity index (χ0n) is 14.8. The molecule has 0 aromatic carbocycles. The van der Waals surface area contributed by atoms with Gasteiger partial charge >= 0.3 is 11.9 Å². The van der Waals surface area contributed by atoms with Crippen molar-refractivity contribution in [3.63, 3.8) is 0 Å². The highest BCUT2D eigenvalue weighted by Crippen LogP contribution is 2.68. The highest BCUT2D eigenvalue weighted by Gasteiger charge is 2.72. The third kappa shape index (κ3) is 1.81. The van der Waals surface area contributed by atoms with Crippen LogP contribution in [0.2, 0.25) is 0 Å². The molecule has 0 bridgehead atoms. The Kier molecular flexibility index (Phi) is 3.36. The van der Waals surface area contributed by atoms with Crippen molar-refractivity contribution in [2.24, 2.45) is 28.6 Å². The lowest BCUT2D eigenvalue weighted by molar-refractivity contribution is -0.191. The third-order valence-corrected chi connectivity index (χ3v) is 7.80. The number of aliphatic hydroxyl groups is 1. The minimum Gasteiger partial charge on any atom is -0.472 e. The van der Waals surface area contributed by atoms with Crippen LogP contribution in [-0.4, -0.2) is 29.8 Å². The molecule has 0 radical (unpaired) electrons. The third-order valence-electron chi connectivity index (χ3n) is 7.80. The summed E-state index contributed by atoms with van der Waals surface area (Å²) in [6.07, 6.45) is 5.77. The number of fused-ring (bicyclic) bond motifs is 1. The number of esters is 2. The largest absolute Gasteiger partial charge is 0.472 e. The lowest BCUT2D eigenvalue weighted by Crippen LogP contribution is -2.63. The molecule has 5 rings (SSSR count). The van der Waals surface area contributed by atoms with Crippen LogP contribution in [0.15, 0.2) is 23.0 Å². The van der Waals surface area contributed by atoms with Gasteiger partial charge in [-0.2, -0.15) is 0 Å². The van der Waals surface area contributed by atoms with Gasteiger partial charge in [-0.05, 0) is 37.2 Å². The summed E-state index contributed by atoms with van der Waals surface area (Å²) in [6.45, 7) is 2.26. The number of carbonyl (C=O) groups excluding carboxylic acids is 2. The number of carbonyl (C=O) groups is 2. The van der Waals surface area contributed by atoms with Crippen molar-refractivity contribution in [3.05, 3.63) is 24.2 Å². The molecule has 2 spiro atoms. The monoisotopic (exact) mass is 360 g/mol. The average Bonchev–Trinajstić information content (AvgIpc) is 3.33. The Morgan fingerprint density at radius 2 is 2.12 bits per heavy atom. The zero-order valence-corrected chi connectivity index (χ0v) is 14.8. The van der Waals surface area contributed by atoms with E-state index >= 15 is 0 Å². The number of hydrogen-bond acceptors (Lipinski definition) is 6. The standard InChI is InChI=1S/C20H24O6/c1-11-7-16(21)20-10-25-17(22)13(20)3-2-4-15(20)19(11)8-14(26-18(19)23)12-5-6-24-9-12/h5-6,9,11,13-16,21H,2-4,7-8,10H2,1H3/t11-,13-,14+,15-,16-,19+,20+/m0/s1. The number of furan rings is 1. The molecule has 4 fully saturated rings. The van der Waals surface area contributed by atoms with Crippen molar-refractivity contribution in [1.82, 2.24) is 0 Å². The Bertz CT molecular complexity index is 741. The Morgan fingerprint density at radius 1 is 1.27 bits per heavy atom. The van der Waals surface area contributed by atoms with E-state index in [0.29, 0.717) is 12.8 Å². The minimum atomic E-state index is -0.673. The minimum absolute atomic E-state index is 0.00743. The zero-order chi connectivity index (χ0) is 18.1. The lowest BCUT2D eigenvalue weighted by Gasteiger charge is -2.58. The van der Waals surface area contributed by atoms with Crippen LogP contribution in [-0.2, 0) is 19.1 Å². The van der Waals surface area contributed by atoms with Crippen LogP contribution in [0.5, 0.6) is 0 Å². The summed E-state index contributed by atoms with van der Waals surface area (Å²) >= 11 is 0. The molecule has 4 aliphatic rings. The van der Waals surface area contributed by atoms with Crippen molar-refractivity contribution in [3.8, 4) is 0 Å². The van der Waals surface area contributed by atoms with E-state index in [2.05, 4.69) is 0 Å². The molecule has 6 nitrogen and oxygen atoms in total. The van der Waals surface area contributed by atoms with Gasteiger partial charge in [0.2, 0.25) is 0 Å². The van der Waals surface area contributed by atoms with Crippen LogP contribution in [0.4, 0.5) is 0 Å². The summed E-state index contributed by atoms with van der Waals surface area (Å²) < 4.78 is 16.4. The SMILES string of the molecule is C[C@H]1C[C@H](O)[C@]23COC(=O)[C@@H]2CCC[C@H]3[C@@]12C[C@H](c1ccoc1)OC2=O. The number of hydrogen-bond donors (Lipinski definition) is 1. The first-order valence-corrected chi connectivity index (χ1v) is 9.58. The van der Waals surface area contributed by atoms with E-state index in [9.17, 15) is 14.7 Å². The van der Waals surface area contributed by atoms with Crippen molar-refractivity contribution in [2.75, 3.05) is 6.61 Å². The maximum absolute atomic E-state index is 13.2. The van der Waals surface area contributed by atoms with Gasteiger partial charge in [-0.25, -0.2) is 0 Å². The molecule has 1 N–H and O–H groups in total. The fourth-order valence-electron chi connectivity index (χ4n) is 6.55. The summed E-state index contributed by atoms with van der Waals surface area (Å²) in [7, 11) is 0. The molecule has 2 aliphatic carbocycles. The van der Waals surface area contributed by atoms with Crippen molar-refractivity contribution >= 4 is 11.9 Å². The summed E-state index contributed by atoms with van der Waals surface area (Å²) in [4.78, 5) is 25.6. The van der Waals surface area contributed by atoms with E-state index in [1.165, 1.54) is 0 Å². The second-order valence-electron chi connectivity index (χ2n) is 8.60. The van der Waals surface area contributed by atoms with E-state index in [-0.39, 0.29) is 42.4 Å². The Labute approximate surface area is 151 Å². The molecule has 2 saturated carbocycles. The normalized spacial score (nSPS) is 47.4. The molecule has 7 atom stereocenters. The summed E-state index contributed by atoms with van der Waals surface area (Å²) in [5.74, 6) is -0.805. The van der Waals surface area contributed by atoms with E-state index in [4.69, 9.17) is 13.9 Å². The fraction of sp³-hybridized carbons (Fsp3) is 0.700. The van der Waals surface area contributed by atoms with E-state index in [0.717, 1.165) is 24.8 Å². The smallest absolute Gasteiger partial charge is 0.313 e. The van der Waals surface area contributed by atoms with Gasteiger partial charge in [0.05, 0.1) is 30.0 Å². The molecular formula is C20H24O6. The van der Waals surface area contributed by atoms with Crippen LogP contribution in [0.3, 0.4) is 0 Å². The maximum atomic E-state index is 13.2. The molecule has 0 unspecified atom stereocenters.